The molecule has 3 atom stereocenters. The zero-order valence-electron chi connectivity index (χ0n) is 12.2. The highest BCUT2D eigenvalue weighted by Gasteiger charge is 2.30. The number of rotatable bonds is 5. The van der Waals surface area contributed by atoms with E-state index in [0.29, 0.717) is 11.7 Å². The first-order valence-corrected chi connectivity index (χ1v) is 6.99. The van der Waals surface area contributed by atoms with E-state index in [0.717, 1.165) is 18.5 Å². The molecule has 1 fully saturated rings. The summed E-state index contributed by atoms with van der Waals surface area (Å²) in [6.45, 7) is 0.797. The molecule has 1 aliphatic heterocycles. The fourth-order valence-corrected chi connectivity index (χ4v) is 2.58. The van der Waals surface area contributed by atoms with Crippen molar-refractivity contribution in [2.75, 3.05) is 20.8 Å². The molecule has 0 spiro atoms. The van der Waals surface area contributed by atoms with Crippen LogP contribution in [0, 0.1) is 0 Å². The average Bonchev–Trinajstić information content (AvgIpc) is 3.18. The van der Waals surface area contributed by atoms with Crippen LogP contribution < -0.4 is 5.32 Å². The first-order valence-electron chi connectivity index (χ1n) is 6.99. The number of nitrogens with zero attached hydrogens (tertiary/aromatic N) is 2. The minimum atomic E-state index is -0.316. The average molecular weight is 289 g/mol. The third-order valence-corrected chi connectivity index (χ3v) is 3.75. The van der Waals surface area contributed by atoms with Crippen LogP contribution in [-0.2, 0) is 9.47 Å². The van der Waals surface area contributed by atoms with Crippen LogP contribution in [0.5, 0.6) is 0 Å². The summed E-state index contributed by atoms with van der Waals surface area (Å²) in [5.74, 6) is 1.13. The second kappa shape index (κ2) is 6.34. The van der Waals surface area contributed by atoms with Crippen LogP contribution in [-0.4, -0.2) is 37.0 Å². The molecule has 0 amide bonds. The molecule has 1 aromatic heterocycles. The van der Waals surface area contributed by atoms with Gasteiger partial charge < -0.3 is 19.3 Å². The standard InChI is InChI=1S/C15H19N3O3/c1-19-11-8-12(16-9-11)15-17-14(18-21-15)13(20-2)10-6-4-3-5-7-10/h3-7,11-13,16H,8-9H2,1-2H3/t11-,12+,13?/m0/s1. The van der Waals surface area contributed by atoms with Crippen molar-refractivity contribution in [3.8, 4) is 0 Å². The van der Waals surface area contributed by atoms with Crippen LogP contribution in [0.25, 0.3) is 0 Å². The van der Waals surface area contributed by atoms with E-state index in [2.05, 4.69) is 15.5 Å². The number of hydrogen-bond donors (Lipinski definition) is 1. The summed E-state index contributed by atoms with van der Waals surface area (Å²) < 4.78 is 16.2. The summed E-state index contributed by atoms with van der Waals surface area (Å²) in [6.07, 6.45) is 0.710. The summed E-state index contributed by atoms with van der Waals surface area (Å²) in [6, 6.07) is 9.90. The maximum Gasteiger partial charge on any atom is 0.243 e. The lowest BCUT2D eigenvalue weighted by Gasteiger charge is -2.11. The molecule has 1 aromatic carbocycles. The number of benzene rings is 1. The van der Waals surface area contributed by atoms with Crippen LogP contribution >= 0.6 is 0 Å². The Morgan fingerprint density at radius 1 is 1.29 bits per heavy atom. The van der Waals surface area contributed by atoms with E-state index in [1.165, 1.54) is 0 Å². The topological polar surface area (TPSA) is 69.4 Å². The molecule has 1 saturated heterocycles. The van der Waals surface area contributed by atoms with Crippen LogP contribution in [0.2, 0.25) is 0 Å². The zero-order chi connectivity index (χ0) is 14.7. The van der Waals surface area contributed by atoms with Gasteiger partial charge in [-0.05, 0) is 12.0 Å². The van der Waals surface area contributed by atoms with Crippen molar-refractivity contribution in [1.29, 1.82) is 0 Å². The van der Waals surface area contributed by atoms with Gasteiger partial charge in [0.15, 0.2) is 0 Å². The number of methoxy groups -OCH3 is 2. The Bertz CT molecular complexity index is 573. The molecule has 2 aromatic rings. The summed E-state index contributed by atoms with van der Waals surface area (Å²) in [5.41, 5.74) is 1.00. The highest BCUT2D eigenvalue weighted by molar-refractivity contribution is 5.22. The Morgan fingerprint density at radius 3 is 2.76 bits per heavy atom. The van der Waals surface area contributed by atoms with Crippen LogP contribution in [0.3, 0.4) is 0 Å². The van der Waals surface area contributed by atoms with Crippen molar-refractivity contribution in [3.05, 3.63) is 47.6 Å². The van der Waals surface area contributed by atoms with E-state index in [4.69, 9.17) is 14.0 Å². The summed E-state index contributed by atoms with van der Waals surface area (Å²) in [5, 5.41) is 7.39. The van der Waals surface area contributed by atoms with Gasteiger partial charge in [-0.1, -0.05) is 35.5 Å². The molecule has 6 nitrogen and oxygen atoms in total. The van der Waals surface area contributed by atoms with E-state index in [9.17, 15) is 0 Å². The van der Waals surface area contributed by atoms with Gasteiger partial charge in [-0.25, -0.2) is 0 Å². The molecule has 0 radical (unpaired) electrons. The Morgan fingerprint density at radius 2 is 2.10 bits per heavy atom. The first kappa shape index (κ1) is 14.2. The molecule has 1 aliphatic rings. The molecule has 21 heavy (non-hydrogen) atoms. The number of nitrogens with one attached hydrogen (secondary N) is 1. The van der Waals surface area contributed by atoms with Gasteiger partial charge in [0.25, 0.3) is 0 Å². The van der Waals surface area contributed by atoms with Gasteiger partial charge in [-0.3, -0.25) is 0 Å². The molecular formula is C15H19N3O3. The summed E-state index contributed by atoms with van der Waals surface area (Å²) in [4.78, 5) is 4.49. The summed E-state index contributed by atoms with van der Waals surface area (Å²) in [7, 11) is 3.35. The molecule has 2 heterocycles. The molecule has 112 valence electrons. The lowest BCUT2D eigenvalue weighted by molar-refractivity contribution is 0.116. The third kappa shape index (κ3) is 2.97. The lowest BCUT2D eigenvalue weighted by atomic mass is 10.1. The van der Waals surface area contributed by atoms with Crippen molar-refractivity contribution >= 4 is 0 Å². The maximum absolute atomic E-state index is 5.51. The van der Waals surface area contributed by atoms with E-state index < -0.39 is 0 Å². The van der Waals surface area contributed by atoms with E-state index in [1.54, 1.807) is 14.2 Å². The monoisotopic (exact) mass is 289 g/mol. The quantitative estimate of drug-likeness (QED) is 0.906. The van der Waals surface area contributed by atoms with Crippen molar-refractivity contribution < 1.29 is 14.0 Å². The normalized spacial score (nSPS) is 23.3. The van der Waals surface area contributed by atoms with Gasteiger partial charge in [0.2, 0.25) is 11.7 Å². The second-order valence-corrected chi connectivity index (χ2v) is 5.07. The van der Waals surface area contributed by atoms with Crippen LogP contribution in [0.1, 0.15) is 35.8 Å². The van der Waals surface area contributed by atoms with Crippen LogP contribution in [0.15, 0.2) is 34.9 Å². The predicted molar refractivity (Wildman–Crippen MR) is 75.7 cm³/mol. The molecule has 1 unspecified atom stereocenters. The van der Waals surface area contributed by atoms with Gasteiger partial charge in [-0.15, -0.1) is 0 Å². The van der Waals surface area contributed by atoms with Gasteiger partial charge in [0.05, 0.1) is 12.1 Å². The number of ether oxygens (including phenoxy) is 2. The van der Waals surface area contributed by atoms with Crippen molar-refractivity contribution in [3.63, 3.8) is 0 Å². The van der Waals surface area contributed by atoms with Crippen LogP contribution in [0.4, 0.5) is 0 Å². The van der Waals surface area contributed by atoms with Crippen molar-refractivity contribution in [1.82, 2.24) is 15.5 Å². The maximum atomic E-state index is 5.51. The molecule has 3 rings (SSSR count). The molecule has 0 saturated carbocycles. The lowest BCUT2D eigenvalue weighted by Crippen LogP contribution is -2.16. The number of hydrogen-bond acceptors (Lipinski definition) is 6. The fraction of sp³-hybridized carbons (Fsp3) is 0.467. The van der Waals surface area contributed by atoms with Gasteiger partial charge in [0, 0.05) is 20.8 Å². The smallest absolute Gasteiger partial charge is 0.243 e. The Kier molecular flexibility index (Phi) is 4.28. The molecule has 1 N–H and O–H groups in total. The molecule has 0 aliphatic carbocycles. The van der Waals surface area contributed by atoms with Gasteiger partial charge in [-0.2, -0.15) is 4.98 Å². The highest BCUT2D eigenvalue weighted by Crippen LogP contribution is 2.27. The largest absolute Gasteiger partial charge is 0.380 e. The number of aromatic nitrogens is 2. The fourth-order valence-electron chi connectivity index (χ4n) is 2.58. The third-order valence-electron chi connectivity index (χ3n) is 3.75. The molecular weight excluding hydrogens is 270 g/mol. The van der Waals surface area contributed by atoms with E-state index in [-0.39, 0.29) is 18.2 Å². The first-order chi connectivity index (χ1) is 10.3. The zero-order valence-corrected chi connectivity index (χ0v) is 12.2. The van der Waals surface area contributed by atoms with E-state index >= 15 is 0 Å². The highest BCUT2D eigenvalue weighted by atomic mass is 16.5. The minimum Gasteiger partial charge on any atom is -0.380 e. The van der Waals surface area contributed by atoms with Crippen molar-refractivity contribution in [2.24, 2.45) is 0 Å². The van der Waals surface area contributed by atoms with Crippen molar-refractivity contribution in [2.45, 2.75) is 24.7 Å². The molecule has 6 heteroatoms. The summed E-state index contributed by atoms with van der Waals surface area (Å²) >= 11 is 0. The van der Waals surface area contributed by atoms with E-state index in [1.807, 2.05) is 30.3 Å². The Hall–Kier alpha value is -1.76. The van der Waals surface area contributed by atoms with Gasteiger partial charge >= 0.3 is 0 Å². The second-order valence-electron chi connectivity index (χ2n) is 5.07. The Labute approximate surface area is 123 Å². The predicted octanol–water partition coefficient (Wildman–Crippen LogP) is 1.85. The minimum absolute atomic E-state index is 0.0458. The SMILES string of the molecule is COC(c1ccccc1)c1noc([C@H]2C[C@H](OC)CN2)n1. The Balaban J connectivity index is 1.78. The van der Waals surface area contributed by atoms with Gasteiger partial charge in [0.1, 0.15) is 6.10 Å². The molecule has 0 bridgehead atoms.